The molecule has 0 atom stereocenters. The van der Waals surface area contributed by atoms with Gasteiger partial charge in [0.2, 0.25) is 0 Å². The van der Waals surface area contributed by atoms with E-state index in [1.165, 1.54) is 0 Å². The van der Waals surface area contributed by atoms with Crippen molar-refractivity contribution >= 4 is 22.8 Å². The highest BCUT2D eigenvalue weighted by Gasteiger charge is 2.25. The fourth-order valence-corrected chi connectivity index (χ4v) is 4.83. The summed E-state index contributed by atoms with van der Waals surface area (Å²) in [4.78, 5) is 27.5. The summed E-state index contributed by atoms with van der Waals surface area (Å²) in [7, 11) is 0. The van der Waals surface area contributed by atoms with Gasteiger partial charge in [0, 0.05) is 38.2 Å². The predicted molar refractivity (Wildman–Crippen MR) is 139 cm³/mol. The van der Waals surface area contributed by atoms with Crippen LogP contribution in [0.1, 0.15) is 47.2 Å². The topological polar surface area (TPSA) is 67.2 Å². The van der Waals surface area contributed by atoms with Crippen LogP contribution < -0.4 is 4.90 Å². The van der Waals surface area contributed by atoms with E-state index in [2.05, 4.69) is 11.8 Å². The summed E-state index contributed by atoms with van der Waals surface area (Å²) in [6.45, 7) is 9.14. The average molecular weight is 469 g/mol. The Kier molecular flexibility index (Phi) is 6.49. The van der Waals surface area contributed by atoms with Crippen LogP contribution in [-0.4, -0.2) is 56.7 Å². The summed E-state index contributed by atoms with van der Waals surface area (Å²) in [5.41, 5.74) is 4.56. The monoisotopic (exact) mass is 468 g/mol. The molecule has 0 aliphatic carbocycles. The van der Waals surface area contributed by atoms with Crippen molar-refractivity contribution in [2.45, 2.75) is 40.0 Å². The van der Waals surface area contributed by atoms with Crippen molar-refractivity contribution in [1.82, 2.24) is 24.6 Å². The molecule has 0 bridgehead atoms. The first-order chi connectivity index (χ1) is 17.1. The van der Waals surface area contributed by atoms with Crippen LogP contribution >= 0.6 is 0 Å². The van der Waals surface area contributed by atoms with Crippen LogP contribution in [0.15, 0.2) is 54.6 Å². The molecular formula is C28H32N6O. The molecule has 4 aromatic rings. The molecule has 1 aliphatic rings. The molecule has 1 saturated heterocycles. The maximum absolute atomic E-state index is 13.3. The van der Waals surface area contributed by atoms with E-state index >= 15 is 0 Å². The number of carbonyl (C=O) groups is 1. The van der Waals surface area contributed by atoms with Crippen LogP contribution in [0.3, 0.4) is 0 Å². The fraction of sp³-hybridized carbons (Fsp3) is 0.357. The first kappa shape index (κ1) is 23.0. The van der Waals surface area contributed by atoms with Crippen LogP contribution in [0.4, 0.5) is 5.82 Å². The van der Waals surface area contributed by atoms with E-state index in [9.17, 15) is 4.79 Å². The van der Waals surface area contributed by atoms with Crippen molar-refractivity contribution in [3.05, 3.63) is 77.2 Å². The molecule has 2 aromatic carbocycles. The highest BCUT2D eigenvalue weighted by atomic mass is 16.2. The number of amides is 1. The first-order valence-corrected chi connectivity index (χ1v) is 12.5. The van der Waals surface area contributed by atoms with E-state index in [0.29, 0.717) is 6.54 Å². The number of rotatable bonds is 5. The second-order valence-corrected chi connectivity index (χ2v) is 9.19. The first-order valence-electron chi connectivity index (χ1n) is 12.5. The van der Waals surface area contributed by atoms with E-state index < -0.39 is 0 Å². The maximum Gasteiger partial charge on any atom is 0.254 e. The van der Waals surface area contributed by atoms with Gasteiger partial charge in [-0.25, -0.2) is 14.6 Å². The number of hydrogen-bond acceptors (Lipinski definition) is 5. The molecule has 1 aliphatic heterocycles. The molecule has 1 amide bonds. The van der Waals surface area contributed by atoms with Gasteiger partial charge in [0.15, 0.2) is 5.65 Å². The second kappa shape index (κ2) is 9.86. The smallest absolute Gasteiger partial charge is 0.254 e. The van der Waals surface area contributed by atoms with Gasteiger partial charge in [-0.15, -0.1) is 0 Å². The Labute approximate surface area is 206 Å². The number of benzene rings is 2. The lowest BCUT2D eigenvalue weighted by Gasteiger charge is -2.24. The Hall–Kier alpha value is -3.74. The van der Waals surface area contributed by atoms with Crippen molar-refractivity contribution in [3.8, 4) is 5.69 Å². The molecule has 5 rings (SSSR count). The van der Waals surface area contributed by atoms with E-state index in [1.807, 2.05) is 78.0 Å². The summed E-state index contributed by atoms with van der Waals surface area (Å²) >= 11 is 0. The van der Waals surface area contributed by atoms with Gasteiger partial charge in [-0.3, -0.25) is 4.79 Å². The molecule has 1 fully saturated rings. The Bertz CT molecular complexity index is 1350. The van der Waals surface area contributed by atoms with Crippen molar-refractivity contribution in [1.29, 1.82) is 0 Å². The molecule has 7 nitrogen and oxygen atoms in total. The van der Waals surface area contributed by atoms with Crippen LogP contribution in [-0.2, 0) is 6.42 Å². The lowest BCUT2D eigenvalue weighted by molar-refractivity contribution is 0.0766. The molecule has 2 aromatic heterocycles. The lowest BCUT2D eigenvalue weighted by atomic mass is 10.1. The predicted octanol–water partition coefficient (Wildman–Crippen LogP) is 4.74. The average Bonchev–Trinajstić information content (AvgIpc) is 3.04. The zero-order valence-corrected chi connectivity index (χ0v) is 20.7. The highest BCUT2D eigenvalue weighted by molar-refractivity contribution is 5.96. The Morgan fingerprint density at radius 3 is 2.46 bits per heavy atom. The maximum atomic E-state index is 13.3. The van der Waals surface area contributed by atoms with E-state index in [4.69, 9.17) is 15.1 Å². The summed E-state index contributed by atoms with van der Waals surface area (Å²) < 4.78 is 1.93. The molecule has 0 radical (unpaired) electrons. The number of para-hydroxylation sites is 1. The van der Waals surface area contributed by atoms with Crippen molar-refractivity contribution in [3.63, 3.8) is 0 Å². The number of hydrogen-bond donors (Lipinski definition) is 0. The quantitative estimate of drug-likeness (QED) is 0.423. The Morgan fingerprint density at radius 1 is 0.914 bits per heavy atom. The van der Waals surface area contributed by atoms with Crippen molar-refractivity contribution in [2.75, 3.05) is 31.1 Å². The SMILES string of the molecule is CCCc1nc(N2CCCN(C(=O)c3ccccc3C)CC2)c2c(C)nn(-c3ccccc3)c2n1. The standard InChI is InChI=1S/C28H32N6O/c1-4-11-24-29-26(25-21(3)31-34(27(25)30-24)22-13-6-5-7-14-22)32-16-10-17-33(19-18-32)28(35)23-15-9-8-12-20(23)2/h5-9,12-15H,4,10-11,16-19H2,1-3H3. The van der Waals surface area contributed by atoms with E-state index in [1.54, 1.807) is 0 Å². The molecule has 0 unspecified atom stereocenters. The minimum Gasteiger partial charge on any atom is -0.354 e. The third kappa shape index (κ3) is 4.50. The van der Waals surface area contributed by atoms with Gasteiger partial charge in [0.25, 0.3) is 5.91 Å². The van der Waals surface area contributed by atoms with E-state index in [0.717, 1.165) is 84.1 Å². The minimum atomic E-state index is 0.109. The summed E-state index contributed by atoms with van der Waals surface area (Å²) in [5, 5.41) is 5.85. The normalized spacial score (nSPS) is 14.4. The summed E-state index contributed by atoms with van der Waals surface area (Å²) in [6.07, 6.45) is 2.67. The van der Waals surface area contributed by atoms with Crippen LogP contribution in [0, 0.1) is 13.8 Å². The summed E-state index contributed by atoms with van der Waals surface area (Å²) in [5.74, 6) is 1.88. The number of anilines is 1. The highest BCUT2D eigenvalue weighted by Crippen LogP contribution is 2.30. The molecule has 35 heavy (non-hydrogen) atoms. The van der Waals surface area contributed by atoms with Crippen molar-refractivity contribution < 1.29 is 4.79 Å². The minimum absolute atomic E-state index is 0.109. The molecular weight excluding hydrogens is 436 g/mol. The molecule has 0 saturated carbocycles. The summed E-state index contributed by atoms with van der Waals surface area (Å²) in [6, 6.07) is 18.0. The number of aryl methyl sites for hydroxylation is 3. The molecule has 7 heteroatoms. The molecule has 0 spiro atoms. The Morgan fingerprint density at radius 2 is 1.69 bits per heavy atom. The largest absolute Gasteiger partial charge is 0.354 e. The lowest BCUT2D eigenvalue weighted by Crippen LogP contribution is -2.35. The Balaban J connectivity index is 1.50. The number of nitrogens with zero attached hydrogens (tertiary/aromatic N) is 6. The zero-order chi connectivity index (χ0) is 24.4. The van der Waals surface area contributed by atoms with Crippen LogP contribution in [0.5, 0.6) is 0 Å². The van der Waals surface area contributed by atoms with Crippen molar-refractivity contribution in [2.24, 2.45) is 0 Å². The van der Waals surface area contributed by atoms with Gasteiger partial charge in [-0.05, 0) is 50.5 Å². The number of aromatic nitrogens is 4. The number of carbonyl (C=O) groups excluding carboxylic acids is 1. The van der Waals surface area contributed by atoms with Crippen LogP contribution in [0.2, 0.25) is 0 Å². The van der Waals surface area contributed by atoms with Gasteiger partial charge in [-0.1, -0.05) is 43.3 Å². The third-order valence-corrected chi connectivity index (χ3v) is 6.66. The van der Waals surface area contributed by atoms with E-state index in [-0.39, 0.29) is 5.91 Å². The fourth-order valence-electron chi connectivity index (χ4n) is 4.83. The second-order valence-electron chi connectivity index (χ2n) is 9.19. The van der Waals surface area contributed by atoms with Gasteiger partial charge >= 0.3 is 0 Å². The van der Waals surface area contributed by atoms with Gasteiger partial charge in [0.05, 0.1) is 16.8 Å². The van der Waals surface area contributed by atoms with Gasteiger partial charge in [0.1, 0.15) is 11.6 Å². The van der Waals surface area contributed by atoms with Crippen LogP contribution in [0.25, 0.3) is 16.7 Å². The van der Waals surface area contributed by atoms with Gasteiger partial charge in [-0.2, -0.15) is 5.10 Å². The molecule has 180 valence electrons. The molecule has 3 heterocycles. The third-order valence-electron chi connectivity index (χ3n) is 6.66. The zero-order valence-electron chi connectivity index (χ0n) is 20.7. The van der Waals surface area contributed by atoms with Gasteiger partial charge < -0.3 is 9.80 Å². The number of fused-ring (bicyclic) bond motifs is 1. The molecule has 0 N–H and O–H groups in total.